The predicted molar refractivity (Wildman–Crippen MR) is 80.2 cm³/mol. The number of nitrogens with zero attached hydrogens (tertiary/aromatic N) is 4. The third-order valence-corrected chi connectivity index (χ3v) is 5.26. The van der Waals surface area contributed by atoms with Gasteiger partial charge < -0.3 is 10.0 Å². The van der Waals surface area contributed by atoms with E-state index in [1.54, 1.807) is 11.8 Å². The van der Waals surface area contributed by atoms with Crippen LogP contribution in [-0.4, -0.2) is 48.8 Å². The maximum atomic E-state index is 10.9. The van der Waals surface area contributed by atoms with E-state index in [2.05, 4.69) is 14.4 Å². The van der Waals surface area contributed by atoms with E-state index in [4.69, 9.17) is 5.11 Å². The zero-order valence-electron chi connectivity index (χ0n) is 11.3. The van der Waals surface area contributed by atoms with Crippen molar-refractivity contribution in [3.8, 4) is 0 Å². The molecule has 108 valence electrons. The van der Waals surface area contributed by atoms with Crippen LogP contribution in [-0.2, 0) is 0 Å². The summed E-state index contributed by atoms with van der Waals surface area (Å²) in [5.41, 5.74) is 2.89. The van der Waals surface area contributed by atoms with Crippen LogP contribution in [0.1, 0.15) is 12.8 Å². The van der Waals surface area contributed by atoms with Crippen LogP contribution in [0, 0.1) is 0 Å². The fourth-order valence-electron chi connectivity index (χ4n) is 2.83. The average molecular weight is 302 g/mol. The largest absolute Gasteiger partial charge is 0.465 e. The molecule has 1 N–H and O–H groups in total. The van der Waals surface area contributed by atoms with Gasteiger partial charge in [0.25, 0.3) is 0 Å². The summed E-state index contributed by atoms with van der Waals surface area (Å²) < 4.78 is 2.06. The molecule has 1 aliphatic heterocycles. The van der Waals surface area contributed by atoms with Crippen LogP contribution in [0.5, 0.6) is 0 Å². The zero-order valence-corrected chi connectivity index (χ0v) is 12.1. The Morgan fingerprint density at radius 2 is 2.05 bits per heavy atom. The number of hydrogen-bond donors (Lipinski definition) is 1. The Balaban J connectivity index is 1.57. The van der Waals surface area contributed by atoms with Gasteiger partial charge in [-0.2, -0.15) is 0 Å². The standard InChI is InChI=1S/C14H14N4O2S/c19-14(20)17-6-4-9(5-7-17)21-13-10-8-15-11-2-1-3-12(16-13)18(10)11/h1-3,8-9H,4-7H2,(H,19,20). The lowest BCUT2D eigenvalue weighted by Crippen LogP contribution is -2.38. The van der Waals surface area contributed by atoms with Crippen molar-refractivity contribution in [2.24, 2.45) is 0 Å². The summed E-state index contributed by atoms with van der Waals surface area (Å²) in [6.07, 6.45) is 2.79. The van der Waals surface area contributed by atoms with Crippen molar-refractivity contribution in [1.29, 1.82) is 0 Å². The molecule has 0 radical (unpaired) electrons. The summed E-state index contributed by atoms with van der Waals surface area (Å²) in [6, 6.07) is 5.92. The number of rotatable bonds is 2. The van der Waals surface area contributed by atoms with Gasteiger partial charge in [0, 0.05) is 18.3 Å². The average Bonchev–Trinajstić information content (AvgIpc) is 3.06. The van der Waals surface area contributed by atoms with Gasteiger partial charge in [0.05, 0.1) is 11.7 Å². The summed E-state index contributed by atoms with van der Waals surface area (Å²) in [5, 5.41) is 10.4. The minimum atomic E-state index is -0.818. The number of aromatic nitrogens is 3. The summed E-state index contributed by atoms with van der Waals surface area (Å²) in [5.74, 6) is 0. The number of piperidine rings is 1. The molecule has 0 aliphatic carbocycles. The van der Waals surface area contributed by atoms with Gasteiger partial charge >= 0.3 is 6.09 Å². The van der Waals surface area contributed by atoms with E-state index in [1.165, 1.54) is 4.90 Å². The van der Waals surface area contributed by atoms with Gasteiger partial charge in [-0.3, -0.25) is 4.40 Å². The van der Waals surface area contributed by atoms with Crippen LogP contribution in [0.15, 0.2) is 29.4 Å². The highest BCUT2D eigenvalue weighted by Gasteiger charge is 2.24. The van der Waals surface area contributed by atoms with Crippen LogP contribution >= 0.6 is 11.8 Å². The van der Waals surface area contributed by atoms with Crippen molar-refractivity contribution < 1.29 is 9.90 Å². The third kappa shape index (κ3) is 2.08. The van der Waals surface area contributed by atoms with Crippen molar-refractivity contribution in [2.75, 3.05) is 13.1 Å². The van der Waals surface area contributed by atoms with Crippen molar-refractivity contribution in [3.05, 3.63) is 24.4 Å². The highest BCUT2D eigenvalue weighted by Crippen LogP contribution is 2.34. The van der Waals surface area contributed by atoms with Crippen molar-refractivity contribution in [3.63, 3.8) is 0 Å². The molecule has 0 bridgehead atoms. The van der Waals surface area contributed by atoms with E-state index in [1.807, 2.05) is 24.4 Å². The lowest BCUT2D eigenvalue weighted by molar-refractivity contribution is 0.136. The lowest BCUT2D eigenvalue weighted by Gasteiger charge is -2.29. The molecule has 1 fully saturated rings. The maximum Gasteiger partial charge on any atom is 0.407 e. The molecule has 1 amide bonds. The van der Waals surface area contributed by atoms with Crippen LogP contribution in [0.3, 0.4) is 0 Å². The number of imidazole rings is 2. The van der Waals surface area contributed by atoms with Crippen LogP contribution in [0.2, 0.25) is 0 Å². The van der Waals surface area contributed by atoms with Gasteiger partial charge in [0.15, 0.2) is 0 Å². The topological polar surface area (TPSA) is 70.7 Å². The molecule has 3 aromatic heterocycles. The highest BCUT2D eigenvalue weighted by atomic mass is 32.2. The molecule has 1 aliphatic rings. The van der Waals surface area contributed by atoms with Crippen molar-refractivity contribution in [2.45, 2.75) is 23.1 Å². The molecule has 3 aromatic rings. The Morgan fingerprint density at radius 1 is 1.29 bits per heavy atom. The van der Waals surface area contributed by atoms with Gasteiger partial charge in [-0.1, -0.05) is 6.07 Å². The quantitative estimate of drug-likeness (QED) is 0.787. The minimum absolute atomic E-state index is 0.416. The minimum Gasteiger partial charge on any atom is -0.465 e. The number of amides is 1. The normalized spacial score (nSPS) is 17.0. The number of hydrogen-bond acceptors (Lipinski definition) is 4. The van der Waals surface area contributed by atoms with Crippen LogP contribution in [0.25, 0.3) is 16.8 Å². The molecular weight excluding hydrogens is 288 g/mol. The smallest absolute Gasteiger partial charge is 0.407 e. The summed E-state index contributed by atoms with van der Waals surface area (Å²) in [6.45, 7) is 1.21. The van der Waals surface area contributed by atoms with Gasteiger partial charge in [-0.15, -0.1) is 11.8 Å². The summed E-state index contributed by atoms with van der Waals surface area (Å²) >= 11 is 1.75. The van der Waals surface area contributed by atoms with E-state index in [0.29, 0.717) is 18.3 Å². The van der Waals surface area contributed by atoms with E-state index >= 15 is 0 Å². The molecule has 7 heteroatoms. The molecule has 4 rings (SSSR count). The van der Waals surface area contributed by atoms with E-state index < -0.39 is 6.09 Å². The maximum absolute atomic E-state index is 10.9. The Morgan fingerprint density at radius 3 is 2.81 bits per heavy atom. The van der Waals surface area contributed by atoms with Crippen LogP contribution < -0.4 is 0 Å². The molecule has 0 saturated carbocycles. The van der Waals surface area contributed by atoms with Crippen molar-refractivity contribution >= 4 is 34.7 Å². The molecular formula is C14H14N4O2S. The second-order valence-corrected chi connectivity index (χ2v) is 6.51. The molecule has 0 unspecified atom stereocenters. The number of pyridine rings is 1. The van der Waals surface area contributed by atoms with E-state index in [-0.39, 0.29) is 0 Å². The number of carbonyl (C=O) groups is 1. The van der Waals surface area contributed by atoms with E-state index in [9.17, 15) is 4.79 Å². The van der Waals surface area contributed by atoms with Gasteiger partial charge in [-0.25, -0.2) is 14.8 Å². The summed E-state index contributed by atoms with van der Waals surface area (Å²) in [4.78, 5) is 21.5. The van der Waals surface area contributed by atoms with Gasteiger partial charge in [0.1, 0.15) is 16.3 Å². The first-order chi connectivity index (χ1) is 10.2. The monoisotopic (exact) mass is 302 g/mol. The SMILES string of the molecule is O=C(O)N1CCC(Sc2nc3cccc4ncc2n43)CC1. The number of thioether (sulfide) groups is 1. The highest BCUT2D eigenvalue weighted by molar-refractivity contribution is 8.00. The Hall–Kier alpha value is -2.02. The molecule has 21 heavy (non-hydrogen) atoms. The number of carboxylic acid groups (broad SMARTS) is 1. The first-order valence-corrected chi connectivity index (χ1v) is 7.80. The Kier molecular flexibility index (Phi) is 2.88. The Bertz CT molecular complexity index is 794. The Labute approximate surface area is 125 Å². The van der Waals surface area contributed by atoms with Gasteiger partial charge in [-0.05, 0) is 25.0 Å². The zero-order chi connectivity index (χ0) is 14.4. The third-order valence-electron chi connectivity index (χ3n) is 3.93. The fraction of sp³-hybridized carbons (Fsp3) is 0.357. The second kappa shape index (κ2) is 4.77. The van der Waals surface area contributed by atoms with Crippen LogP contribution in [0.4, 0.5) is 4.79 Å². The summed E-state index contributed by atoms with van der Waals surface area (Å²) in [7, 11) is 0. The van der Waals surface area contributed by atoms with Crippen molar-refractivity contribution in [1.82, 2.24) is 19.3 Å². The predicted octanol–water partition coefficient (Wildman–Crippen LogP) is 2.55. The molecule has 0 spiro atoms. The molecule has 1 saturated heterocycles. The fourth-order valence-corrected chi connectivity index (χ4v) is 4.00. The molecule has 0 atom stereocenters. The first-order valence-electron chi connectivity index (χ1n) is 6.92. The molecule has 0 aromatic carbocycles. The number of likely N-dealkylation sites (tertiary alicyclic amines) is 1. The molecule has 6 nitrogen and oxygen atoms in total. The first kappa shape index (κ1) is 12.7. The van der Waals surface area contributed by atoms with Gasteiger partial charge in [0.2, 0.25) is 0 Å². The second-order valence-electron chi connectivity index (χ2n) is 5.22. The molecule has 4 heterocycles. The van der Waals surface area contributed by atoms with E-state index in [0.717, 1.165) is 34.7 Å². The lowest BCUT2D eigenvalue weighted by atomic mass is 10.1.